The molecule has 2 saturated heterocycles. The minimum absolute atomic E-state index is 0.00431. The summed E-state index contributed by atoms with van der Waals surface area (Å²) in [6.45, 7) is 2.58. The summed E-state index contributed by atoms with van der Waals surface area (Å²) >= 11 is 0. The summed E-state index contributed by atoms with van der Waals surface area (Å²) in [4.78, 5) is 39.3. The van der Waals surface area contributed by atoms with Crippen molar-refractivity contribution < 1.29 is 19.5 Å². The minimum atomic E-state index is -0.863. The molecule has 1 unspecified atom stereocenters. The van der Waals surface area contributed by atoms with Gasteiger partial charge in [0.2, 0.25) is 5.91 Å². The van der Waals surface area contributed by atoms with Crippen LogP contribution in [0.3, 0.4) is 0 Å². The number of carboxylic acids is 1. The fraction of sp³-hybridized carbons (Fsp3) is 0.750. The van der Waals surface area contributed by atoms with E-state index in [1.165, 1.54) is 4.90 Å². The highest BCUT2D eigenvalue weighted by molar-refractivity contribution is 5.86. The highest BCUT2D eigenvalue weighted by Gasteiger charge is 2.35. The molecule has 112 valence electrons. The summed E-state index contributed by atoms with van der Waals surface area (Å²) in [5.74, 6) is -1.32. The highest BCUT2D eigenvalue weighted by atomic mass is 16.4. The fourth-order valence-corrected chi connectivity index (χ4v) is 2.76. The van der Waals surface area contributed by atoms with Crippen molar-refractivity contribution in [3.63, 3.8) is 0 Å². The molecule has 3 amide bonds. The van der Waals surface area contributed by atoms with Crippen LogP contribution in [0.1, 0.15) is 12.8 Å². The Morgan fingerprint density at radius 1 is 1.10 bits per heavy atom. The van der Waals surface area contributed by atoms with E-state index in [0.29, 0.717) is 39.1 Å². The molecular weight excluding hydrogens is 264 g/mol. The standard InChI is InChI=1S/C12H20N4O4/c13-11(19)9-2-1-3-16(9)12(20)15-6-4-14(5-7-15)8-10(17)18/h9H,1-8H2,(H2,13,19)(H,17,18). The normalized spacial score (nSPS) is 23.9. The molecule has 2 heterocycles. The van der Waals surface area contributed by atoms with Crippen LogP contribution in [0.15, 0.2) is 0 Å². The largest absolute Gasteiger partial charge is 0.480 e. The topological polar surface area (TPSA) is 107 Å². The van der Waals surface area contributed by atoms with Gasteiger partial charge in [-0.25, -0.2) is 4.79 Å². The number of urea groups is 1. The van der Waals surface area contributed by atoms with E-state index in [9.17, 15) is 14.4 Å². The van der Waals surface area contributed by atoms with Crippen LogP contribution >= 0.6 is 0 Å². The summed E-state index contributed by atoms with van der Waals surface area (Å²) in [5.41, 5.74) is 5.31. The average Bonchev–Trinajstić information content (AvgIpc) is 2.87. The van der Waals surface area contributed by atoms with Gasteiger partial charge in [-0.05, 0) is 12.8 Å². The fourth-order valence-electron chi connectivity index (χ4n) is 2.76. The summed E-state index contributed by atoms with van der Waals surface area (Å²) in [6.07, 6.45) is 1.42. The molecule has 2 aliphatic rings. The van der Waals surface area contributed by atoms with Gasteiger partial charge in [0.15, 0.2) is 0 Å². The highest BCUT2D eigenvalue weighted by Crippen LogP contribution is 2.19. The first-order chi connectivity index (χ1) is 9.49. The van der Waals surface area contributed by atoms with Gasteiger partial charge < -0.3 is 20.6 Å². The summed E-state index contributed by atoms with van der Waals surface area (Å²) < 4.78 is 0. The van der Waals surface area contributed by atoms with Gasteiger partial charge in [-0.2, -0.15) is 0 Å². The second kappa shape index (κ2) is 6.08. The Morgan fingerprint density at radius 2 is 1.75 bits per heavy atom. The van der Waals surface area contributed by atoms with Crippen molar-refractivity contribution in [2.45, 2.75) is 18.9 Å². The van der Waals surface area contributed by atoms with Crippen molar-refractivity contribution in [1.82, 2.24) is 14.7 Å². The first-order valence-corrected chi connectivity index (χ1v) is 6.78. The maximum absolute atomic E-state index is 12.4. The number of nitrogens with two attached hydrogens (primary N) is 1. The minimum Gasteiger partial charge on any atom is -0.480 e. The molecule has 0 aromatic heterocycles. The zero-order valence-electron chi connectivity index (χ0n) is 11.3. The molecule has 0 radical (unpaired) electrons. The first-order valence-electron chi connectivity index (χ1n) is 6.78. The SMILES string of the molecule is NC(=O)C1CCCN1C(=O)N1CCN(CC(=O)O)CC1. The Labute approximate surface area is 117 Å². The third-order valence-electron chi connectivity index (χ3n) is 3.83. The van der Waals surface area contributed by atoms with Gasteiger partial charge in [-0.1, -0.05) is 0 Å². The molecule has 8 nitrogen and oxygen atoms in total. The maximum atomic E-state index is 12.4. The Bertz CT molecular complexity index is 406. The molecule has 0 aromatic rings. The quantitative estimate of drug-likeness (QED) is 0.674. The van der Waals surface area contributed by atoms with Crippen molar-refractivity contribution in [2.75, 3.05) is 39.3 Å². The van der Waals surface area contributed by atoms with Crippen LogP contribution < -0.4 is 5.73 Å². The van der Waals surface area contributed by atoms with E-state index in [1.807, 2.05) is 0 Å². The molecule has 8 heteroatoms. The Hall–Kier alpha value is -1.83. The van der Waals surface area contributed by atoms with E-state index in [0.717, 1.165) is 6.42 Å². The number of hydrogen-bond donors (Lipinski definition) is 2. The lowest BCUT2D eigenvalue weighted by Crippen LogP contribution is -2.55. The van der Waals surface area contributed by atoms with Gasteiger partial charge in [0.25, 0.3) is 0 Å². The summed E-state index contributed by atoms with van der Waals surface area (Å²) in [5, 5.41) is 8.73. The second-order valence-electron chi connectivity index (χ2n) is 5.19. The maximum Gasteiger partial charge on any atom is 0.320 e. The molecule has 0 aromatic carbocycles. The lowest BCUT2D eigenvalue weighted by atomic mass is 10.2. The number of carbonyl (C=O) groups is 3. The average molecular weight is 284 g/mol. The van der Waals surface area contributed by atoms with Gasteiger partial charge in [0.1, 0.15) is 6.04 Å². The summed E-state index contributed by atoms with van der Waals surface area (Å²) in [7, 11) is 0. The van der Waals surface area contributed by atoms with Gasteiger partial charge in [0.05, 0.1) is 6.54 Å². The lowest BCUT2D eigenvalue weighted by molar-refractivity contribution is -0.138. The van der Waals surface area contributed by atoms with Crippen molar-refractivity contribution in [2.24, 2.45) is 5.73 Å². The zero-order chi connectivity index (χ0) is 14.7. The number of amides is 3. The predicted octanol–water partition coefficient (Wildman–Crippen LogP) is -1.24. The van der Waals surface area contributed by atoms with E-state index >= 15 is 0 Å². The Kier molecular flexibility index (Phi) is 4.43. The van der Waals surface area contributed by atoms with Crippen LogP contribution in [0.2, 0.25) is 0 Å². The number of hydrogen-bond acceptors (Lipinski definition) is 4. The van der Waals surface area contributed by atoms with Crippen molar-refractivity contribution >= 4 is 17.9 Å². The van der Waals surface area contributed by atoms with Crippen LogP contribution in [0.25, 0.3) is 0 Å². The molecule has 0 saturated carbocycles. The van der Waals surface area contributed by atoms with Gasteiger partial charge in [-0.3, -0.25) is 14.5 Å². The number of carboxylic acid groups (broad SMARTS) is 1. The van der Waals surface area contributed by atoms with Crippen molar-refractivity contribution in [1.29, 1.82) is 0 Å². The molecule has 0 spiro atoms. The van der Waals surface area contributed by atoms with Gasteiger partial charge in [0, 0.05) is 32.7 Å². The van der Waals surface area contributed by atoms with E-state index < -0.39 is 17.9 Å². The Morgan fingerprint density at radius 3 is 2.30 bits per heavy atom. The lowest BCUT2D eigenvalue weighted by Gasteiger charge is -2.37. The van der Waals surface area contributed by atoms with Crippen molar-refractivity contribution in [3.8, 4) is 0 Å². The van der Waals surface area contributed by atoms with Gasteiger partial charge in [-0.15, -0.1) is 0 Å². The van der Waals surface area contributed by atoms with Crippen molar-refractivity contribution in [3.05, 3.63) is 0 Å². The molecule has 20 heavy (non-hydrogen) atoms. The second-order valence-corrected chi connectivity index (χ2v) is 5.19. The van der Waals surface area contributed by atoms with Crippen LogP contribution in [0, 0.1) is 0 Å². The molecule has 3 N–H and O–H groups in total. The third-order valence-corrected chi connectivity index (χ3v) is 3.83. The van der Waals surface area contributed by atoms with E-state index in [2.05, 4.69) is 0 Å². The first kappa shape index (κ1) is 14.6. The Balaban J connectivity index is 1.88. The van der Waals surface area contributed by atoms with Gasteiger partial charge >= 0.3 is 12.0 Å². The molecule has 1 atom stereocenters. The molecule has 2 aliphatic heterocycles. The van der Waals surface area contributed by atoms with E-state index in [-0.39, 0.29) is 12.6 Å². The number of carbonyl (C=O) groups excluding carboxylic acids is 2. The molecule has 2 fully saturated rings. The number of likely N-dealkylation sites (tertiary alicyclic amines) is 1. The summed E-state index contributed by atoms with van der Waals surface area (Å²) in [6, 6.07) is -0.666. The van der Waals surface area contributed by atoms with E-state index in [1.54, 1.807) is 9.80 Å². The predicted molar refractivity (Wildman–Crippen MR) is 70.0 cm³/mol. The smallest absolute Gasteiger partial charge is 0.320 e. The molecular formula is C12H20N4O4. The number of nitrogens with zero attached hydrogens (tertiary/aromatic N) is 3. The number of piperazine rings is 1. The zero-order valence-corrected chi connectivity index (χ0v) is 11.3. The third kappa shape index (κ3) is 3.19. The van der Waals surface area contributed by atoms with Crippen LogP contribution in [-0.2, 0) is 9.59 Å². The van der Waals surface area contributed by atoms with Crippen LogP contribution in [-0.4, -0.2) is 83.0 Å². The number of primary amides is 1. The molecule has 0 aliphatic carbocycles. The van der Waals surface area contributed by atoms with Crippen LogP contribution in [0.4, 0.5) is 4.79 Å². The monoisotopic (exact) mass is 284 g/mol. The number of rotatable bonds is 3. The number of aliphatic carboxylic acids is 1. The van der Waals surface area contributed by atoms with E-state index in [4.69, 9.17) is 10.8 Å². The molecule has 2 rings (SSSR count). The molecule has 0 bridgehead atoms. The van der Waals surface area contributed by atoms with Crippen LogP contribution in [0.5, 0.6) is 0 Å².